The Morgan fingerprint density at radius 3 is 2.39 bits per heavy atom. The summed E-state index contributed by atoms with van der Waals surface area (Å²) in [5.74, 6) is 1.18. The summed E-state index contributed by atoms with van der Waals surface area (Å²) in [5.41, 5.74) is 10.8. The van der Waals surface area contributed by atoms with Crippen LogP contribution in [0.25, 0.3) is 11.1 Å². The van der Waals surface area contributed by atoms with Gasteiger partial charge in [0.15, 0.2) is 5.78 Å². The zero-order chi connectivity index (χ0) is 40.5. The molecule has 0 spiro atoms. The first-order chi connectivity index (χ1) is 26.7. The molecule has 4 N–H and O–H groups in total. The van der Waals surface area contributed by atoms with Crippen molar-refractivity contribution in [3.05, 3.63) is 83.4 Å². The molecule has 3 aromatic rings. The third-order valence-corrected chi connectivity index (χ3v) is 13.2. The van der Waals surface area contributed by atoms with E-state index in [0.717, 1.165) is 34.4 Å². The van der Waals surface area contributed by atoms with Gasteiger partial charge in [0.1, 0.15) is 17.8 Å². The lowest BCUT2D eigenvalue weighted by atomic mass is 9.43. The van der Waals surface area contributed by atoms with Crippen molar-refractivity contribution in [1.82, 2.24) is 10.4 Å². The molecule has 1 saturated heterocycles. The number of benzene rings is 3. The van der Waals surface area contributed by atoms with Gasteiger partial charge in [-0.05, 0) is 78.2 Å². The van der Waals surface area contributed by atoms with Crippen LogP contribution in [-0.2, 0) is 32.1 Å². The number of carbonyl (C=O) groups excluding carboxylic acids is 3. The summed E-state index contributed by atoms with van der Waals surface area (Å²) < 4.78 is 11.1. The SMILES string of the molecule is COC(=O)[C@@H](Cc1ccccc1)NC(=O)c1cc(-c2cccc(CN3O[C@@H](CN)[C@@H]([C@H](C)O)[C@H]3C(=O)CC3C[C@H]4C[C@@H]([C@@H]3C)C4(C)C)c2OC)cc(N(C)C)c1. The standard InChI is InChI=1S/C45H60N4O7/c1-26-30(19-33-23-36(26)45(33,3)4)22-38(51)41-40(27(2)50)39(24-46)56-49(41)25-29-15-12-16-35(42(29)54-7)31-18-32(21-34(20-31)48(5)6)43(52)47-37(44(53)55-8)17-28-13-10-9-11-14-28/h9-16,18,20-21,26-27,30,33,36-37,39-41,50H,17,19,22-25,46H2,1-8H3,(H,47,52)/t26-,27+,30?,33+,36+,37-,39+,40-,41-/m1/s1. The molecular formula is C45H60N4O7. The predicted molar refractivity (Wildman–Crippen MR) is 217 cm³/mol. The maximum Gasteiger partial charge on any atom is 0.328 e. The van der Waals surface area contributed by atoms with Crippen LogP contribution in [0.3, 0.4) is 0 Å². The minimum absolute atomic E-state index is 0.0739. The number of rotatable bonds is 15. The largest absolute Gasteiger partial charge is 0.496 e. The van der Waals surface area contributed by atoms with Gasteiger partial charge >= 0.3 is 5.97 Å². The first-order valence-corrected chi connectivity index (χ1v) is 19.9. The molecule has 2 bridgehead atoms. The quantitative estimate of drug-likeness (QED) is 0.166. The number of nitrogens with one attached hydrogen (secondary N) is 1. The molecule has 0 radical (unpaired) electrons. The molecule has 302 valence electrons. The Morgan fingerprint density at radius 2 is 1.79 bits per heavy atom. The predicted octanol–water partition coefficient (Wildman–Crippen LogP) is 5.66. The Morgan fingerprint density at radius 1 is 1.05 bits per heavy atom. The van der Waals surface area contributed by atoms with Crippen molar-refractivity contribution in [2.75, 3.05) is 39.8 Å². The van der Waals surface area contributed by atoms with Crippen LogP contribution in [0.5, 0.6) is 5.75 Å². The summed E-state index contributed by atoms with van der Waals surface area (Å²) >= 11 is 0. The molecule has 3 aromatic carbocycles. The van der Waals surface area contributed by atoms with E-state index in [-0.39, 0.29) is 25.3 Å². The van der Waals surface area contributed by atoms with Crippen molar-refractivity contribution < 1.29 is 33.8 Å². The number of hydrogen-bond acceptors (Lipinski definition) is 10. The second-order valence-electron chi connectivity index (χ2n) is 17.0. The second kappa shape index (κ2) is 17.1. The molecule has 1 aliphatic heterocycles. The lowest BCUT2D eigenvalue weighted by molar-refractivity contribution is -0.175. The summed E-state index contributed by atoms with van der Waals surface area (Å²) in [6, 6.07) is 19.2. The summed E-state index contributed by atoms with van der Waals surface area (Å²) in [6.07, 6.45) is 1.67. The molecule has 7 rings (SSSR count). The zero-order valence-corrected chi connectivity index (χ0v) is 34.2. The highest BCUT2D eigenvalue weighted by atomic mass is 16.7. The maximum atomic E-state index is 14.4. The van der Waals surface area contributed by atoms with Crippen LogP contribution < -0.4 is 20.7 Å². The number of amides is 1. The fraction of sp³-hybridized carbons (Fsp3) is 0.533. The van der Waals surface area contributed by atoms with Gasteiger partial charge in [0.2, 0.25) is 0 Å². The van der Waals surface area contributed by atoms with Crippen LogP contribution in [0.4, 0.5) is 5.69 Å². The Bertz CT molecular complexity index is 1880. The molecular weight excluding hydrogens is 709 g/mol. The number of esters is 1. The van der Waals surface area contributed by atoms with Crippen LogP contribution in [0.1, 0.15) is 68.4 Å². The smallest absolute Gasteiger partial charge is 0.328 e. The Balaban J connectivity index is 1.29. The second-order valence-corrected chi connectivity index (χ2v) is 17.0. The fourth-order valence-corrected chi connectivity index (χ4v) is 9.82. The average molecular weight is 769 g/mol. The number of para-hydroxylation sites is 1. The van der Waals surface area contributed by atoms with Crippen LogP contribution in [0.15, 0.2) is 66.7 Å². The van der Waals surface area contributed by atoms with Crippen molar-refractivity contribution in [3.8, 4) is 16.9 Å². The van der Waals surface area contributed by atoms with Crippen LogP contribution in [0, 0.1) is 35.0 Å². The number of Topliss-reactive ketones (excluding diaryl/α,β-unsaturated/α-hetero) is 1. The van der Waals surface area contributed by atoms with Crippen LogP contribution in [-0.4, -0.2) is 87.0 Å². The van der Waals surface area contributed by atoms with Crippen molar-refractivity contribution in [2.45, 2.75) is 84.2 Å². The van der Waals surface area contributed by atoms with E-state index in [1.807, 2.05) is 73.6 Å². The summed E-state index contributed by atoms with van der Waals surface area (Å²) in [7, 11) is 6.70. The van der Waals surface area contributed by atoms with Gasteiger partial charge in [-0.15, -0.1) is 0 Å². The van der Waals surface area contributed by atoms with Crippen molar-refractivity contribution in [1.29, 1.82) is 0 Å². The van der Waals surface area contributed by atoms with Gasteiger partial charge in [0.25, 0.3) is 5.91 Å². The number of aliphatic hydroxyl groups is 1. The zero-order valence-electron chi connectivity index (χ0n) is 34.2. The summed E-state index contributed by atoms with van der Waals surface area (Å²) in [4.78, 5) is 49.5. The number of ketones is 1. The fourth-order valence-electron chi connectivity index (χ4n) is 9.82. The van der Waals surface area contributed by atoms with Gasteiger partial charge in [-0.3, -0.25) is 14.4 Å². The van der Waals surface area contributed by atoms with E-state index in [1.165, 1.54) is 13.5 Å². The Labute approximate surface area is 331 Å². The first-order valence-electron chi connectivity index (χ1n) is 19.9. The molecule has 11 nitrogen and oxygen atoms in total. The number of hydrogen-bond donors (Lipinski definition) is 3. The minimum Gasteiger partial charge on any atom is -0.496 e. The van der Waals surface area contributed by atoms with Gasteiger partial charge in [0, 0.05) is 61.8 Å². The van der Waals surface area contributed by atoms with Gasteiger partial charge in [-0.2, -0.15) is 5.06 Å². The van der Waals surface area contributed by atoms with E-state index in [0.29, 0.717) is 46.8 Å². The Kier molecular flexibility index (Phi) is 12.6. The van der Waals surface area contributed by atoms with E-state index >= 15 is 0 Å². The third kappa shape index (κ3) is 8.23. The van der Waals surface area contributed by atoms with Crippen LogP contribution >= 0.6 is 0 Å². The molecule has 4 fully saturated rings. The minimum atomic E-state index is -0.892. The van der Waals surface area contributed by atoms with Gasteiger partial charge in [-0.25, -0.2) is 4.79 Å². The number of fused-ring (bicyclic) bond motifs is 2. The molecule has 4 aliphatic rings. The summed E-state index contributed by atoms with van der Waals surface area (Å²) in [6.45, 7) is 9.12. The molecule has 9 atom stereocenters. The van der Waals surface area contributed by atoms with Crippen molar-refractivity contribution >= 4 is 23.3 Å². The third-order valence-electron chi connectivity index (χ3n) is 13.2. The van der Waals surface area contributed by atoms with E-state index in [2.05, 4.69) is 26.1 Å². The first kappa shape index (κ1) is 41.3. The molecule has 3 saturated carbocycles. The van der Waals surface area contributed by atoms with Gasteiger partial charge in [-0.1, -0.05) is 69.3 Å². The number of nitrogens with two attached hydrogens (primary N) is 1. The number of methoxy groups -OCH3 is 2. The number of ether oxygens (including phenoxy) is 2. The highest BCUT2D eigenvalue weighted by Crippen LogP contribution is 2.63. The number of nitrogens with zero attached hydrogens (tertiary/aromatic N) is 2. The van der Waals surface area contributed by atoms with Crippen molar-refractivity contribution in [3.63, 3.8) is 0 Å². The number of carbonyl (C=O) groups is 3. The molecule has 1 unspecified atom stereocenters. The molecule has 11 heteroatoms. The van der Waals surface area contributed by atoms with E-state index < -0.39 is 42.1 Å². The topological polar surface area (TPSA) is 144 Å². The monoisotopic (exact) mass is 768 g/mol. The highest BCUT2D eigenvalue weighted by molar-refractivity contribution is 5.99. The van der Waals surface area contributed by atoms with E-state index in [1.54, 1.807) is 31.2 Å². The highest BCUT2D eigenvalue weighted by Gasteiger charge is 2.57. The molecule has 56 heavy (non-hydrogen) atoms. The Hall–Kier alpha value is -4.29. The average Bonchev–Trinajstić information content (AvgIpc) is 3.56. The number of anilines is 1. The van der Waals surface area contributed by atoms with Gasteiger partial charge in [0.05, 0.1) is 33.0 Å². The lowest BCUT2D eigenvalue weighted by Crippen LogP contribution is -2.55. The molecule has 3 aliphatic carbocycles. The van der Waals surface area contributed by atoms with E-state index in [9.17, 15) is 19.5 Å². The maximum absolute atomic E-state index is 14.4. The van der Waals surface area contributed by atoms with Crippen molar-refractivity contribution in [2.24, 2.45) is 40.7 Å². The lowest BCUT2D eigenvalue weighted by Gasteiger charge is -2.62. The molecule has 1 amide bonds. The van der Waals surface area contributed by atoms with E-state index in [4.69, 9.17) is 20.0 Å². The summed E-state index contributed by atoms with van der Waals surface area (Å²) in [5, 5.41) is 15.6. The number of aliphatic hydroxyl groups excluding tert-OH is 1. The molecule has 1 heterocycles. The molecule has 0 aromatic heterocycles. The number of hydroxylamine groups is 2. The normalized spacial score (nSPS) is 26.4. The van der Waals surface area contributed by atoms with Gasteiger partial charge < -0.3 is 30.5 Å². The van der Waals surface area contributed by atoms with Crippen LogP contribution in [0.2, 0.25) is 0 Å².